The molecular weight excluding hydrogens is 456 g/mol. The summed E-state index contributed by atoms with van der Waals surface area (Å²) in [5, 5.41) is 0. The van der Waals surface area contributed by atoms with Gasteiger partial charge < -0.3 is 0 Å². The van der Waals surface area contributed by atoms with Crippen LogP contribution >= 0.6 is 0 Å². The van der Waals surface area contributed by atoms with Gasteiger partial charge in [-0.05, 0) is 6.42 Å². The van der Waals surface area contributed by atoms with Crippen LogP contribution in [0.25, 0.3) is 0 Å². The third kappa shape index (κ3) is 11.6. The average Bonchev–Trinajstić information content (AvgIpc) is 3.25. The van der Waals surface area contributed by atoms with Gasteiger partial charge in [0.1, 0.15) is 0 Å². The second-order valence-electron chi connectivity index (χ2n) is 8.60. The van der Waals surface area contributed by atoms with Crippen LogP contribution in [0, 0.1) is 32.8 Å². The van der Waals surface area contributed by atoms with Crippen molar-refractivity contribution >= 4 is 0 Å². The summed E-state index contributed by atoms with van der Waals surface area (Å²) in [5.41, 5.74) is 8.19. The van der Waals surface area contributed by atoms with E-state index in [-0.39, 0.29) is 21.7 Å². The smallest absolute Gasteiger partial charge is 0.266 e. The predicted octanol–water partition coefficient (Wildman–Crippen LogP) is 9.64. The molecule has 0 heterocycles. The second-order valence-corrected chi connectivity index (χ2v) is 8.60. The van der Waals surface area contributed by atoms with Gasteiger partial charge in [0.15, 0.2) is 0 Å². The molecule has 0 aromatic heterocycles. The van der Waals surface area contributed by atoms with Gasteiger partial charge in [-0.2, -0.15) is 85.0 Å². The zero-order chi connectivity index (χ0) is 24.6. The predicted molar refractivity (Wildman–Crippen MR) is 149 cm³/mol. The molecule has 0 saturated carbocycles. The maximum atomic E-state index is 3.72. The topological polar surface area (TPSA) is 0 Å². The van der Waals surface area contributed by atoms with Crippen molar-refractivity contribution in [1.29, 1.82) is 0 Å². The van der Waals surface area contributed by atoms with Crippen LogP contribution in [0.5, 0.6) is 0 Å². The van der Waals surface area contributed by atoms with Crippen molar-refractivity contribution in [3.05, 3.63) is 151 Å². The number of hydrogen-bond donors (Lipinski definition) is 0. The van der Waals surface area contributed by atoms with Crippen LogP contribution in [-0.2, 0) is 21.7 Å². The minimum atomic E-state index is 0. The van der Waals surface area contributed by atoms with Crippen molar-refractivity contribution in [3.63, 3.8) is 0 Å². The second kappa shape index (κ2) is 17.8. The van der Waals surface area contributed by atoms with Gasteiger partial charge in [0.05, 0.1) is 0 Å². The van der Waals surface area contributed by atoms with E-state index in [4.69, 9.17) is 0 Å². The summed E-state index contributed by atoms with van der Waals surface area (Å²) in [7, 11) is 0. The molecule has 0 aliphatic heterocycles. The van der Waals surface area contributed by atoms with E-state index in [1.165, 1.54) is 38.5 Å². The summed E-state index contributed by atoms with van der Waals surface area (Å²) in [6.07, 6.45) is 11.6. The summed E-state index contributed by atoms with van der Waals surface area (Å²) >= 11 is 0. The van der Waals surface area contributed by atoms with Crippen molar-refractivity contribution in [2.45, 2.75) is 52.4 Å². The SMILES string of the molecule is CCC1=[C-]C(CC)C2=C1CCCC2.[CH2-]c1ccccc1.[CH2-]c1ccccc1.[CH2-]c1ccccc1.[Ti+4]. The van der Waals surface area contributed by atoms with Crippen LogP contribution in [0.1, 0.15) is 69.1 Å². The van der Waals surface area contributed by atoms with E-state index in [0.717, 1.165) is 16.7 Å². The van der Waals surface area contributed by atoms with Gasteiger partial charge in [0, 0.05) is 0 Å². The summed E-state index contributed by atoms with van der Waals surface area (Å²) in [6.45, 7) is 15.7. The van der Waals surface area contributed by atoms with Crippen molar-refractivity contribution in [2.24, 2.45) is 5.92 Å². The quantitative estimate of drug-likeness (QED) is 0.245. The van der Waals surface area contributed by atoms with E-state index >= 15 is 0 Å². The van der Waals surface area contributed by atoms with Crippen molar-refractivity contribution in [2.75, 3.05) is 0 Å². The first-order chi connectivity index (χ1) is 16.5. The Morgan fingerprint density at radius 2 is 1.06 bits per heavy atom. The Morgan fingerprint density at radius 3 is 1.37 bits per heavy atom. The molecule has 0 amide bonds. The zero-order valence-corrected chi connectivity index (χ0v) is 23.2. The van der Waals surface area contributed by atoms with Crippen LogP contribution in [0.15, 0.2) is 108 Å². The van der Waals surface area contributed by atoms with Crippen LogP contribution in [-0.4, -0.2) is 0 Å². The molecule has 2 aliphatic rings. The molecule has 1 unspecified atom stereocenters. The summed E-state index contributed by atoms with van der Waals surface area (Å²) in [6, 6.07) is 29.6. The Labute approximate surface area is 230 Å². The Bertz CT molecular complexity index is 895. The van der Waals surface area contributed by atoms with E-state index in [1.54, 1.807) is 16.7 Å². The van der Waals surface area contributed by atoms with E-state index in [2.05, 4.69) is 40.7 Å². The summed E-state index contributed by atoms with van der Waals surface area (Å²) in [5.74, 6) is 0.685. The maximum Gasteiger partial charge on any atom is 4.00 e. The van der Waals surface area contributed by atoms with E-state index in [0.29, 0.717) is 5.92 Å². The van der Waals surface area contributed by atoms with Gasteiger partial charge in [0.2, 0.25) is 0 Å². The van der Waals surface area contributed by atoms with Gasteiger partial charge in [-0.25, -0.2) is 5.57 Å². The first kappa shape index (κ1) is 30.5. The van der Waals surface area contributed by atoms with Crippen LogP contribution in [0.2, 0.25) is 0 Å². The fourth-order valence-corrected chi connectivity index (χ4v) is 4.14. The summed E-state index contributed by atoms with van der Waals surface area (Å²) in [4.78, 5) is 0. The van der Waals surface area contributed by atoms with Gasteiger partial charge in [-0.3, -0.25) is 6.08 Å². The molecule has 0 spiro atoms. The maximum absolute atomic E-state index is 3.72. The molecule has 0 fully saturated rings. The van der Waals surface area contributed by atoms with Crippen molar-refractivity contribution < 1.29 is 21.7 Å². The Balaban J connectivity index is 0.000000243. The molecule has 0 saturated heterocycles. The van der Waals surface area contributed by atoms with Crippen molar-refractivity contribution in [1.82, 2.24) is 0 Å². The molecule has 0 bridgehead atoms. The normalized spacial score (nSPS) is 15.4. The van der Waals surface area contributed by atoms with E-state index < -0.39 is 0 Å². The molecule has 3 aromatic rings. The van der Waals surface area contributed by atoms with Gasteiger partial charge in [-0.15, -0.1) is 36.4 Å². The van der Waals surface area contributed by atoms with Gasteiger partial charge >= 0.3 is 21.7 Å². The minimum absolute atomic E-state index is 0. The molecule has 1 heteroatoms. The minimum Gasteiger partial charge on any atom is -0.266 e. The zero-order valence-electron chi connectivity index (χ0n) is 21.6. The fraction of sp³-hybridized carbons (Fsp3) is 0.265. The number of allylic oxidation sites excluding steroid dienone is 4. The van der Waals surface area contributed by atoms with Crippen LogP contribution in [0.4, 0.5) is 0 Å². The monoisotopic (exact) mass is 496 g/mol. The van der Waals surface area contributed by atoms with Crippen LogP contribution < -0.4 is 0 Å². The van der Waals surface area contributed by atoms with Gasteiger partial charge in [0.25, 0.3) is 0 Å². The number of rotatable bonds is 2. The molecule has 0 N–H and O–H groups in total. The first-order valence-electron chi connectivity index (χ1n) is 12.5. The number of hydrogen-bond acceptors (Lipinski definition) is 0. The molecule has 3 aromatic carbocycles. The Morgan fingerprint density at radius 1 is 0.657 bits per heavy atom. The van der Waals surface area contributed by atoms with Crippen molar-refractivity contribution in [3.8, 4) is 0 Å². The molecule has 5 rings (SSSR count). The molecule has 2 aliphatic carbocycles. The van der Waals surface area contributed by atoms with E-state index in [9.17, 15) is 0 Å². The third-order valence-electron chi connectivity index (χ3n) is 5.93. The largest absolute Gasteiger partial charge is 4.00 e. The number of benzene rings is 3. The molecule has 1 atom stereocenters. The molecule has 180 valence electrons. The Kier molecular flexibility index (Phi) is 15.5. The standard InChI is InChI=1S/C13H19.3C7H7.Ti/c1-3-10-9-11(4-2)13-8-6-5-7-12(10)13;3*1-7-5-3-2-4-6-7;/h10H,3-8H2,1-2H3;3*2-6H,1H2;/q4*-1;+4. The molecule has 35 heavy (non-hydrogen) atoms. The van der Waals surface area contributed by atoms with Crippen LogP contribution in [0.3, 0.4) is 0 Å². The van der Waals surface area contributed by atoms with E-state index in [1.807, 2.05) is 91.0 Å². The molecule has 0 nitrogen and oxygen atoms in total. The first-order valence-corrected chi connectivity index (χ1v) is 12.5. The molecule has 0 radical (unpaired) electrons. The Hall–Kier alpha value is -2.54. The fourth-order valence-electron chi connectivity index (χ4n) is 4.14. The third-order valence-corrected chi connectivity index (χ3v) is 5.93. The molecular formula is C34H40Ti. The van der Waals surface area contributed by atoms with Gasteiger partial charge in [-0.1, -0.05) is 70.1 Å². The summed E-state index contributed by atoms with van der Waals surface area (Å²) < 4.78 is 0. The average molecular weight is 497 g/mol.